The molecule has 4 heteroatoms. The summed E-state index contributed by atoms with van der Waals surface area (Å²) in [6.45, 7) is 1.81. The largest absolute Gasteiger partial charge is 0.439 e. The molecule has 0 amide bonds. The van der Waals surface area contributed by atoms with E-state index in [1.807, 2.05) is 0 Å². The zero-order valence-electron chi connectivity index (χ0n) is 6.00. The van der Waals surface area contributed by atoms with Crippen LogP contribution in [0.3, 0.4) is 0 Å². The highest BCUT2D eigenvalue weighted by Gasteiger charge is 1.90. The number of aliphatic hydroxyl groups excluding tert-OH is 1. The van der Waals surface area contributed by atoms with Gasteiger partial charge in [0.15, 0.2) is 6.79 Å². The predicted octanol–water partition coefficient (Wildman–Crippen LogP) is -0.0940. The Hall–Kier alpha value is -0.610. The van der Waals surface area contributed by atoms with Crippen LogP contribution < -0.4 is 0 Å². The van der Waals surface area contributed by atoms with Gasteiger partial charge in [-0.3, -0.25) is 4.79 Å². The molecule has 0 heterocycles. The van der Waals surface area contributed by atoms with Crippen LogP contribution in [-0.2, 0) is 14.3 Å². The fraction of sp³-hybridized carbons (Fsp3) is 0.833. The van der Waals surface area contributed by atoms with E-state index in [2.05, 4.69) is 4.74 Å². The van der Waals surface area contributed by atoms with E-state index in [1.165, 1.54) is 6.92 Å². The highest BCUT2D eigenvalue weighted by atomic mass is 16.7. The molecule has 0 unspecified atom stereocenters. The number of hydrogen-bond acceptors (Lipinski definition) is 4. The molecule has 0 atom stereocenters. The standard InChI is InChI=1S/C6H12O4/c1-6(8)10-5-9-4-2-3-7/h7H,2-5H2,1H3. The van der Waals surface area contributed by atoms with E-state index in [0.29, 0.717) is 13.0 Å². The molecule has 0 fully saturated rings. The average molecular weight is 148 g/mol. The van der Waals surface area contributed by atoms with Crippen molar-refractivity contribution in [1.82, 2.24) is 0 Å². The summed E-state index contributed by atoms with van der Waals surface area (Å²) >= 11 is 0. The lowest BCUT2D eigenvalue weighted by Gasteiger charge is -2.01. The van der Waals surface area contributed by atoms with Gasteiger partial charge in [-0.1, -0.05) is 0 Å². The van der Waals surface area contributed by atoms with E-state index in [-0.39, 0.29) is 19.4 Å². The van der Waals surface area contributed by atoms with Gasteiger partial charge < -0.3 is 14.6 Å². The van der Waals surface area contributed by atoms with E-state index in [9.17, 15) is 4.79 Å². The molecule has 0 spiro atoms. The van der Waals surface area contributed by atoms with Crippen LogP contribution in [0.4, 0.5) is 0 Å². The van der Waals surface area contributed by atoms with Crippen molar-refractivity contribution in [3.63, 3.8) is 0 Å². The first-order valence-corrected chi connectivity index (χ1v) is 3.09. The summed E-state index contributed by atoms with van der Waals surface area (Å²) in [5.74, 6) is -0.357. The van der Waals surface area contributed by atoms with Gasteiger partial charge in [0.2, 0.25) is 0 Å². The summed E-state index contributed by atoms with van der Waals surface area (Å²) in [5, 5.41) is 8.29. The van der Waals surface area contributed by atoms with Gasteiger partial charge in [0.25, 0.3) is 0 Å². The molecule has 0 aliphatic carbocycles. The molecule has 4 nitrogen and oxygen atoms in total. The third-order valence-electron chi connectivity index (χ3n) is 0.792. The zero-order chi connectivity index (χ0) is 7.82. The first-order chi connectivity index (χ1) is 4.77. The Morgan fingerprint density at radius 1 is 1.60 bits per heavy atom. The topological polar surface area (TPSA) is 55.8 Å². The molecule has 0 rings (SSSR count). The van der Waals surface area contributed by atoms with Crippen LogP contribution in [-0.4, -0.2) is 31.1 Å². The van der Waals surface area contributed by atoms with Gasteiger partial charge in [0.1, 0.15) is 0 Å². The smallest absolute Gasteiger partial charge is 0.304 e. The van der Waals surface area contributed by atoms with Gasteiger partial charge >= 0.3 is 5.97 Å². The predicted molar refractivity (Wildman–Crippen MR) is 34.3 cm³/mol. The van der Waals surface area contributed by atoms with E-state index in [4.69, 9.17) is 9.84 Å². The number of rotatable bonds is 5. The van der Waals surface area contributed by atoms with Crippen LogP contribution in [0.5, 0.6) is 0 Å². The molecule has 0 aromatic carbocycles. The van der Waals surface area contributed by atoms with Gasteiger partial charge in [-0.05, 0) is 6.42 Å². The summed E-state index contributed by atoms with van der Waals surface area (Å²) in [7, 11) is 0. The monoisotopic (exact) mass is 148 g/mol. The van der Waals surface area contributed by atoms with Crippen LogP contribution in [0.25, 0.3) is 0 Å². The van der Waals surface area contributed by atoms with Crippen LogP contribution in [0, 0.1) is 0 Å². The minimum absolute atomic E-state index is 0.0185. The maximum absolute atomic E-state index is 10.1. The molecule has 0 saturated carbocycles. The van der Waals surface area contributed by atoms with E-state index >= 15 is 0 Å². The Balaban J connectivity index is 2.84. The van der Waals surface area contributed by atoms with Gasteiger partial charge in [-0.2, -0.15) is 0 Å². The van der Waals surface area contributed by atoms with Crippen molar-refractivity contribution in [2.24, 2.45) is 0 Å². The van der Waals surface area contributed by atoms with Crippen molar-refractivity contribution >= 4 is 5.97 Å². The summed E-state index contributed by atoms with van der Waals surface area (Å²) in [6, 6.07) is 0. The molecule has 60 valence electrons. The van der Waals surface area contributed by atoms with E-state index in [0.717, 1.165) is 0 Å². The Morgan fingerprint density at radius 2 is 2.30 bits per heavy atom. The molecule has 0 saturated heterocycles. The summed E-state index contributed by atoms with van der Waals surface area (Å²) in [6.07, 6.45) is 0.571. The first-order valence-electron chi connectivity index (χ1n) is 3.09. The van der Waals surface area contributed by atoms with Gasteiger partial charge in [0, 0.05) is 13.5 Å². The van der Waals surface area contributed by atoms with Crippen molar-refractivity contribution in [2.75, 3.05) is 20.0 Å². The second kappa shape index (κ2) is 6.51. The highest BCUT2D eigenvalue weighted by molar-refractivity contribution is 5.65. The number of carbonyl (C=O) groups excluding carboxylic acids is 1. The Morgan fingerprint density at radius 3 is 2.80 bits per heavy atom. The fourth-order valence-electron chi connectivity index (χ4n) is 0.350. The van der Waals surface area contributed by atoms with Crippen molar-refractivity contribution < 1.29 is 19.4 Å². The van der Waals surface area contributed by atoms with Crippen LogP contribution in [0.1, 0.15) is 13.3 Å². The molecule has 1 N–H and O–H groups in total. The molecular formula is C6H12O4. The molecule has 10 heavy (non-hydrogen) atoms. The lowest BCUT2D eigenvalue weighted by Crippen LogP contribution is -2.05. The lowest BCUT2D eigenvalue weighted by molar-refractivity contribution is -0.153. The molecule has 0 bridgehead atoms. The average Bonchev–Trinajstić information content (AvgIpc) is 1.87. The maximum Gasteiger partial charge on any atom is 0.304 e. The van der Waals surface area contributed by atoms with Gasteiger partial charge in [-0.15, -0.1) is 0 Å². The number of ether oxygens (including phenoxy) is 2. The number of carbonyl (C=O) groups is 1. The molecule has 0 aliphatic heterocycles. The Labute approximate surface area is 59.7 Å². The van der Waals surface area contributed by atoms with Crippen LogP contribution in [0.15, 0.2) is 0 Å². The van der Waals surface area contributed by atoms with Crippen molar-refractivity contribution in [1.29, 1.82) is 0 Å². The Kier molecular flexibility index (Phi) is 6.11. The number of esters is 1. The van der Waals surface area contributed by atoms with E-state index < -0.39 is 0 Å². The quantitative estimate of drug-likeness (QED) is 0.336. The van der Waals surface area contributed by atoms with Gasteiger partial charge in [-0.25, -0.2) is 0 Å². The van der Waals surface area contributed by atoms with Crippen molar-refractivity contribution in [3.8, 4) is 0 Å². The third-order valence-corrected chi connectivity index (χ3v) is 0.792. The molecule has 0 aromatic heterocycles. The number of aliphatic hydroxyl groups is 1. The normalized spacial score (nSPS) is 9.40. The van der Waals surface area contributed by atoms with E-state index in [1.54, 1.807) is 0 Å². The molecule has 0 aliphatic rings. The minimum atomic E-state index is -0.357. The summed E-state index contributed by atoms with van der Waals surface area (Å²) < 4.78 is 9.23. The molecule has 0 radical (unpaired) electrons. The molecule has 0 aromatic rings. The Bertz CT molecular complexity index is 91.7. The fourth-order valence-corrected chi connectivity index (χ4v) is 0.350. The van der Waals surface area contributed by atoms with Crippen molar-refractivity contribution in [2.45, 2.75) is 13.3 Å². The minimum Gasteiger partial charge on any atom is -0.439 e. The number of hydrogen-bond donors (Lipinski definition) is 1. The SMILES string of the molecule is CC(=O)OCOCCCO. The maximum atomic E-state index is 10.1. The first kappa shape index (κ1) is 9.39. The zero-order valence-corrected chi connectivity index (χ0v) is 6.00. The third kappa shape index (κ3) is 7.39. The molecular weight excluding hydrogens is 136 g/mol. The highest BCUT2D eigenvalue weighted by Crippen LogP contribution is 1.82. The summed E-state index contributed by atoms with van der Waals surface area (Å²) in [4.78, 5) is 10.1. The summed E-state index contributed by atoms with van der Waals surface area (Å²) in [5.41, 5.74) is 0. The second-order valence-corrected chi connectivity index (χ2v) is 1.74. The lowest BCUT2D eigenvalue weighted by atomic mass is 10.5. The van der Waals surface area contributed by atoms with Crippen LogP contribution >= 0.6 is 0 Å². The van der Waals surface area contributed by atoms with Crippen molar-refractivity contribution in [3.05, 3.63) is 0 Å². The van der Waals surface area contributed by atoms with Gasteiger partial charge in [0.05, 0.1) is 6.61 Å². The van der Waals surface area contributed by atoms with Crippen LogP contribution in [0.2, 0.25) is 0 Å². The second-order valence-electron chi connectivity index (χ2n) is 1.74.